The molecule has 29 heavy (non-hydrogen) atoms. The number of ether oxygens (including phenoxy) is 2. The largest absolute Gasteiger partial charge is 0.497 e. The first-order valence-corrected chi connectivity index (χ1v) is 8.88. The highest BCUT2D eigenvalue weighted by Gasteiger charge is 2.24. The van der Waals surface area contributed by atoms with Gasteiger partial charge in [0, 0.05) is 12.6 Å². The molecule has 2 N–H and O–H groups in total. The zero-order chi connectivity index (χ0) is 20.6. The average molecular weight is 395 g/mol. The number of aromatic nitrogens is 2. The third kappa shape index (κ3) is 4.89. The molecule has 0 saturated heterocycles. The van der Waals surface area contributed by atoms with Gasteiger partial charge >= 0.3 is 5.69 Å². The number of methoxy groups -OCH3 is 2. The van der Waals surface area contributed by atoms with Crippen molar-refractivity contribution in [2.75, 3.05) is 31.4 Å². The molecule has 1 aromatic heterocycles. The Hall–Kier alpha value is -3.88. The molecule has 9 nitrogen and oxygen atoms in total. The summed E-state index contributed by atoms with van der Waals surface area (Å²) in [7, 11) is 3.05. The fourth-order valence-corrected chi connectivity index (χ4v) is 2.78. The number of hydrogen-bond acceptors (Lipinski definition) is 8. The van der Waals surface area contributed by atoms with Gasteiger partial charge in [-0.2, -0.15) is 0 Å². The van der Waals surface area contributed by atoms with Gasteiger partial charge in [0.1, 0.15) is 17.8 Å². The average Bonchev–Trinajstić information content (AvgIpc) is 2.74. The van der Waals surface area contributed by atoms with Crippen molar-refractivity contribution >= 4 is 23.0 Å². The zero-order valence-corrected chi connectivity index (χ0v) is 16.1. The Kier molecular flexibility index (Phi) is 6.41. The summed E-state index contributed by atoms with van der Waals surface area (Å²) in [5.41, 5.74) is 1.37. The predicted octanol–water partition coefficient (Wildman–Crippen LogP) is 3.80. The van der Waals surface area contributed by atoms with Crippen molar-refractivity contribution in [2.45, 2.75) is 6.42 Å². The lowest BCUT2D eigenvalue weighted by molar-refractivity contribution is -0.383. The number of hydrogen-bond donors (Lipinski definition) is 2. The summed E-state index contributed by atoms with van der Waals surface area (Å²) in [5.74, 6) is 1.27. The Bertz CT molecular complexity index is 982. The van der Waals surface area contributed by atoms with E-state index in [-0.39, 0.29) is 17.3 Å². The highest BCUT2D eigenvalue weighted by Crippen LogP contribution is 2.36. The SMILES string of the molecule is COc1ccc(OC)c(Nc2ncnc(NCCc3ccccc3)c2[N+](=O)[O-])c1. The van der Waals surface area contributed by atoms with Crippen LogP contribution >= 0.6 is 0 Å². The minimum Gasteiger partial charge on any atom is -0.497 e. The van der Waals surface area contributed by atoms with E-state index in [1.165, 1.54) is 20.5 Å². The Balaban J connectivity index is 1.84. The topological polar surface area (TPSA) is 111 Å². The predicted molar refractivity (Wildman–Crippen MR) is 110 cm³/mol. The quantitative estimate of drug-likeness (QED) is 0.416. The Morgan fingerprint density at radius 3 is 2.48 bits per heavy atom. The number of nitrogens with zero attached hydrogens (tertiary/aromatic N) is 3. The minimum absolute atomic E-state index is 0.0544. The first-order chi connectivity index (χ1) is 14.1. The van der Waals surface area contributed by atoms with Gasteiger partial charge < -0.3 is 20.1 Å². The second-order valence-electron chi connectivity index (χ2n) is 6.03. The lowest BCUT2D eigenvalue weighted by Gasteiger charge is -2.13. The molecule has 0 aliphatic heterocycles. The van der Waals surface area contributed by atoms with Gasteiger partial charge in [0.05, 0.1) is 24.8 Å². The van der Waals surface area contributed by atoms with Gasteiger partial charge in [-0.15, -0.1) is 0 Å². The number of anilines is 3. The summed E-state index contributed by atoms with van der Waals surface area (Å²) >= 11 is 0. The summed E-state index contributed by atoms with van der Waals surface area (Å²) in [4.78, 5) is 19.3. The molecule has 0 amide bonds. The molecule has 3 aromatic rings. The van der Waals surface area contributed by atoms with E-state index in [1.807, 2.05) is 30.3 Å². The van der Waals surface area contributed by atoms with Crippen molar-refractivity contribution in [2.24, 2.45) is 0 Å². The third-order valence-electron chi connectivity index (χ3n) is 4.21. The monoisotopic (exact) mass is 395 g/mol. The molecule has 0 spiro atoms. The fourth-order valence-electron chi connectivity index (χ4n) is 2.78. The van der Waals surface area contributed by atoms with Crippen LogP contribution in [0.1, 0.15) is 5.56 Å². The van der Waals surface area contributed by atoms with E-state index in [4.69, 9.17) is 9.47 Å². The molecule has 0 bridgehead atoms. The minimum atomic E-state index is -0.514. The second kappa shape index (κ2) is 9.36. The molecule has 9 heteroatoms. The second-order valence-corrected chi connectivity index (χ2v) is 6.03. The first kappa shape index (κ1) is 19.9. The summed E-state index contributed by atoms with van der Waals surface area (Å²) in [6, 6.07) is 14.9. The van der Waals surface area contributed by atoms with Crippen LogP contribution in [0.15, 0.2) is 54.9 Å². The highest BCUT2D eigenvalue weighted by atomic mass is 16.6. The van der Waals surface area contributed by atoms with E-state index < -0.39 is 4.92 Å². The molecule has 0 aliphatic carbocycles. The number of rotatable bonds is 9. The maximum Gasteiger partial charge on any atom is 0.353 e. The van der Waals surface area contributed by atoms with Gasteiger partial charge in [0.2, 0.25) is 11.6 Å². The van der Waals surface area contributed by atoms with E-state index in [2.05, 4.69) is 20.6 Å². The Morgan fingerprint density at radius 2 is 1.79 bits per heavy atom. The molecule has 3 rings (SSSR count). The molecule has 0 atom stereocenters. The van der Waals surface area contributed by atoms with Crippen LogP contribution < -0.4 is 20.1 Å². The molecule has 0 aliphatic rings. The Morgan fingerprint density at radius 1 is 1.03 bits per heavy atom. The van der Waals surface area contributed by atoms with Crippen LogP contribution in [0.3, 0.4) is 0 Å². The van der Waals surface area contributed by atoms with Crippen molar-refractivity contribution in [3.05, 3.63) is 70.5 Å². The smallest absolute Gasteiger partial charge is 0.353 e. The number of benzene rings is 2. The molecular weight excluding hydrogens is 374 g/mol. The van der Waals surface area contributed by atoms with Gasteiger partial charge in [-0.3, -0.25) is 10.1 Å². The molecule has 150 valence electrons. The van der Waals surface area contributed by atoms with Gasteiger partial charge in [-0.05, 0) is 24.1 Å². The van der Waals surface area contributed by atoms with E-state index in [9.17, 15) is 10.1 Å². The van der Waals surface area contributed by atoms with Crippen LogP contribution in [0, 0.1) is 10.1 Å². The molecule has 0 unspecified atom stereocenters. The summed E-state index contributed by atoms with van der Waals surface area (Å²) in [6.07, 6.45) is 1.97. The number of nitro groups is 1. The van der Waals surface area contributed by atoms with E-state index >= 15 is 0 Å². The molecule has 2 aromatic carbocycles. The van der Waals surface area contributed by atoms with Crippen molar-refractivity contribution in [3.63, 3.8) is 0 Å². The van der Waals surface area contributed by atoms with Crippen LogP contribution in [0.2, 0.25) is 0 Å². The maximum absolute atomic E-state index is 11.7. The van der Waals surface area contributed by atoms with Crippen LogP contribution in [0.5, 0.6) is 11.5 Å². The fraction of sp³-hybridized carbons (Fsp3) is 0.200. The van der Waals surface area contributed by atoms with Crippen molar-refractivity contribution in [1.82, 2.24) is 9.97 Å². The summed E-state index contributed by atoms with van der Waals surface area (Å²) in [5, 5.41) is 17.7. The van der Waals surface area contributed by atoms with Crippen LogP contribution in [-0.2, 0) is 6.42 Å². The van der Waals surface area contributed by atoms with Crippen LogP contribution in [0.25, 0.3) is 0 Å². The normalized spacial score (nSPS) is 10.3. The van der Waals surface area contributed by atoms with Crippen molar-refractivity contribution in [3.8, 4) is 11.5 Å². The maximum atomic E-state index is 11.7. The third-order valence-corrected chi connectivity index (χ3v) is 4.21. The zero-order valence-electron chi connectivity index (χ0n) is 16.1. The lowest BCUT2D eigenvalue weighted by Crippen LogP contribution is -2.11. The molecule has 0 fully saturated rings. The van der Waals surface area contributed by atoms with Gasteiger partial charge in [0.15, 0.2) is 0 Å². The van der Waals surface area contributed by atoms with Gasteiger partial charge in [-0.25, -0.2) is 9.97 Å². The highest BCUT2D eigenvalue weighted by molar-refractivity contribution is 5.76. The van der Waals surface area contributed by atoms with E-state index in [0.29, 0.717) is 30.2 Å². The van der Waals surface area contributed by atoms with Crippen LogP contribution in [-0.4, -0.2) is 35.7 Å². The standard InChI is InChI=1S/C20H21N5O4/c1-28-15-8-9-17(29-2)16(12-15)24-20-18(25(26)27)19(22-13-23-20)21-11-10-14-6-4-3-5-7-14/h3-9,12-13H,10-11H2,1-2H3,(H2,21,22,23,24). The van der Waals surface area contributed by atoms with Crippen molar-refractivity contribution in [1.29, 1.82) is 0 Å². The van der Waals surface area contributed by atoms with Crippen molar-refractivity contribution < 1.29 is 14.4 Å². The Labute approximate surface area is 167 Å². The molecule has 1 heterocycles. The molecular formula is C20H21N5O4. The van der Waals surface area contributed by atoms with E-state index in [1.54, 1.807) is 18.2 Å². The van der Waals surface area contributed by atoms with Gasteiger partial charge in [0.25, 0.3) is 0 Å². The summed E-state index contributed by atoms with van der Waals surface area (Å²) < 4.78 is 10.5. The molecule has 0 radical (unpaired) electrons. The lowest BCUT2D eigenvalue weighted by atomic mass is 10.1. The first-order valence-electron chi connectivity index (χ1n) is 8.88. The number of nitrogens with one attached hydrogen (secondary N) is 2. The van der Waals surface area contributed by atoms with Crippen LogP contribution in [0.4, 0.5) is 23.0 Å². The van der Waals surface area contributed by atoms with E-state index in [0.717, 1.165) is 5.56 Å². The van der Waals surface area contributed by atoms with Gasteiger partial charge in [-0.1, -0.05) is 30.3 Å². The summed E-state index contributed by atoms with van der Waals surface area (Å²) in [6.45, 7) is 0.490. The molecule has 0 saturated carbocycles.